The Hall–Kier alpha value is -0.770. The van der Waals surface area contributed by atoms with Gasteiger partial charge in [-0.3, -0.25) is 0 Å². The molecule has 0 aromatic carbocycles. The molecule has 0 amide bonds. The van der Waals surface area contributed by atoms with E-state index in [0.717, 1.165) is 19.5 Å². The van der Waals surface area contributed by atoms with Crippen LogP contribution in [0.25, 0.3) is 0 Å². The minimum absolute atomic E-state index is 0.510. The van der Waals surface area contributed by atoms with Crippen molar-refractivity contribution in [3.05, 3.63) is 55.9 Å². The van der Waals surface area contributed by atoms with Gasteiger partial charge >= 0.3 is 0 Å². The quantitative estimate of drug-likeness (QED) is 0.545. The van der Waals surface area contributed by atoms with Gasteiger partial charge in [0.15, 0.2) is 0 Å². The second-order valence-corrected chi connectivity index (χ2v) is 6.80. The highest BCUT2D eigenvalue weighted by Crippen LogP contribution is 2.21. The molecule has 2 heterocycles. The second kappa shape index (κ2) is 7.87. The number of rotatable bonds is 1. The zero-order chi connectivity index (χ0) is 15.2. The van der Waals surface area contributed by atoms with Gasteiger partial charge in [0, 0.05) is 0 Å². The number of hydrogen-bond donors (Lipinski definition) is 0. The van der Waals surface area contributed by atoms with Crippen LogP contribution in [0.4, 0.5) is 0 Å². The predicted octanol–water partition coefficient (Wildman–Crippen LogP) is 5.25. The van der Waals surface area contributed by atoms with Crippen LogP contribution in [0, 0.1) is 11.3 Å². The van der Waals surface area contributed by atoms with Gasteiger partial charge in [0.25, 0.3) is 0 Å². The minimum Gasteiger partial charge on any atom is -0.244 e. The van der Waals surface area contributed by atoms with Crippen molar-refractivity contribution >= 4 is 47.8 Å². The van der Waals surface area contributed by atoms with Crippen molar-refractivity contribution in [2.24, 2.45) is 0 Å². The molecule has 0 radical (unpaired) electrons. The molecule has 104 valence electrons. The van der Waals surface area contributed by atoms with Crippen LogP contribution in [0.2, 0.25) is 0 Å². The molecule has 0 bridgehead atoms. The molecule has 20 heavy (non-hydrogen) atoms. The fourth-order valence-electron chi connectivity index (χ4n) is 1.20. The molecule has 0 aliphatic heterocycles. The summed E-state index contributed by atoms with van der Waals surface area (Å²) in [6.45, 7) is 3.70. The fourth-order valence-corrected chi connectivity index (χ4v) is 2.47. The first-order valence-corrected chi connectivity index (χ1v) is 8.05. The number of hydrogen-bond acceptors (Lipinski definition) is 3. The van der Waals surface area contributed by atoms with Gasteiger partial charge in [-0.15, -0.1) is 0 Å². The standard InChI is InChI=1S/C9H9BrN2.C5H3Br2N/c1-9(2,6-11)7-4-3-5-8(10)12-7;6-4-2-1-3-5(7)8-4/h3-5H,1-2H3;1-3H. The van der Waals surface area contributed by atoms with Crippen LogP contribution in [0.3, 0.4) is 0 Å². The maximum atomic E-state index is 8.83. The van der Waals surface area contributed by atoms with Gasteiger partial charge in [0.1, 0.15) is 13.8 Å². The lowest BCUT2D eigenvalue weighted by Crippen LogP contribution is -2.15. The molecular weight excluding hydrogens is 450 g/mol. The SMILES string of the molecule is Brc1cccc(Br)n1.CC(C)(C#N)c1cccc(Br)n1. The highest BCUT2D eigenvalue weighted by Gasteiger charge is 2.20. The molecule has 2 rings (SSSR count). The highest BCUT2D eigenvalue weighted by atomic mass is 79.9. The third kappa shape index (κ3) is 5.70. The number of pyridine rings is 2. The number of halogens is 3. The summed E-state index contributed by atoms with van der Waals surface area (Å²) in [5, 5.41) is 8.83. The molecule has 6 heteroatoms. The maximum absolute atomic E-state index is 8.83. The summed E-state index contributed by atoms with van der Waals surface area (Å²) in [6, 6.07) is 13.5. The van der Waals surface area contributed by atoms with E-state index in [1.807, 2.05) is 50.2 Å². The highest BCUT2D eigenvalue weighted by molar-refractivity contribution is 9.11. The van der Waals surface area contributed by atoms with Crippen molar-refractivity contribution in [2.45, 2.75) is 19.3 Å². The molecule has 0 fully saturated rings. The summed E-state index contributed by atoms with van der Waals surface area (Å²) in [6.07, 6.45) is 0. The monoisotopic (exact) mass is 459 g/mol. The zero-order valence-electron chi connectivity index (χ0n) is 10.9. The van der Waals surface area contributed by atoms with Crippen molar-refractivity contribution in [1.82, 2.24) is 9.97 Å². The van der Waals surface area contributed by atoms with Crippen molar-refractivity contribution in [3.63, 3.8) is 0 Å². The Kier molecular flexibility index (Phi) is 6.80. The zero-order valence-corrected chi connectivity index (χ0v) is 15.7. The average molecular weight is 462 g/mol. The van der Waals surface area contributed by atoms with E-state index in [1.54, 1.807) is 0 Å². The summed E-state index contributed by atoms with van der Waals surface area (Å²) in [5.74, 6) is 0. The van der Waals surface area contributed by atoms with Crippen molar-refractivity contribution in [1.29, 1.82) is 5.26 Å². The number of nitrogens with zero attached hydrogens (tertiary/aromatic N) is 3. The van der Waals surface area contributed by atoms with Gasteiger partial charge in [-0.05, 0) is 85.9 Å². The van der Waals surface area contributed by atoms with E-state index in [1.165, 1.54) is 0 Å². The average Bonchev–Trinajstić information content (AvgIpc) is 2.39. The van der Waals surface area contributed by atoms with E-state index in [9.17, 15) is 0 Å². The first-order valence-electron chi connectivity index (χ1n) is 5.67. The molecule has 0 unspecified atom stereocenters. The molecule has 2 aromatic rings. The largest absolute Gasteiger partial charge is 0.244 e. The molecule has 0 saturated heterocycles. The van der Waals surface area contributed by atoms with Crippen molar-refractivity contribution < 1.29 is 0 Å². The summed E-state index contributed by atoms with van der Waals surface area (Å²) in [5.41, 5.74) is 0.281. The van der Waals surface area contributed by atoms with Crippen LogP contribution in [-0.4, -0.2) is 9.97 Å². The normalized spacial score (nSPS) is 10.2. The minimum atomic E-state index is -0.510. The van der Waals surface area contributed by atoms with Gasteiger partial charge < -0.3 is 0 Å². The van der Waals surface area contributed by atoms with Crippen LogP contribution >= 0.6 is 47.8 Å². The van der Waals surface area contributed by atoms with Gasteiger partial charge in [-0.2, -0.15) is 5.26 Å². The van der Waals surface area contributed by atoms with Gasteiger partial charge in [-0.1, -0.05) is 12.1 Å². The van der Waals surface area contributed by atoms with Gasteiger partial charge in [0.05, 0.1) is 17.2 Å². The Balaban J connectivity index is 0.000000217. The summed E-state index contributed by atoms with van der Waals surface area (Å²) < 4.78 is 2.47. The topological polar surface area (TPSA) is 49.6 Å². The van der Waals surface area contributed by atoms with Crippen LogP contribution in [0.1, 0.15) is 19.5 Å². The smallest absolute Gasteiger partial charge is 0.107 e. The van der Waals surface area contributed by atoms with Crippen LogP contribution < -0.4 is 0 Å². The van der Waals surface area contributed by atoms with E-state index in [4.69, 9.17) is 5.26 Å². The fraction of sp³-hybridized carbons (Fsp3) is 0.214. The van der Waals surface area contributed by atoms with E-state index >= 15 is 0 Å². The molecule has 0 N–H and O–H groups in total. The van der Waals surface area contributed by atoms with Crippen molar-refractivity contribution in [2.75, 3.05) is 0 Å². The molecule has 2 aromatic heterocycles. The third-order valence-corrected chi connectivity index (χ3v) is 3.64. The second-order valence-electron chi connectivity index (χ2n) is 4.37. The summed E-state index contributed by atoms with van der Waals surface area (Å²) in [7, 11) is 0. The van der Waals surface area contributed by atoms with Gasteiger partial charge in [0.2, 0.25) is 0 Å². The molecular formula is C14H12Br3N3. The molecule has 0 spiro atoms. The Bertz CT molecular complexity index is 604. The van der Waals surface area contributed by atoms with Crippen LogP contribution in [0.5, 0.6) is 0 Å². The lowest BCUT2D eigenvalue weighted by Gasteiger charge is -2.13. The Morgan fingerprint density at radius 3 is 1.70 bits per heavy atom. The summed E-state index contributed by atoms with van der Waals surface area (Å²) >= 11 is 9.71. The van der Waals surface area contributed by atoms with Crippen LogP contribution in [-0.2, 0) is 5.41 Å². The number of aromatic nitrogens is 2. The Morgan fingerprint density at radius 2 is 1.35 bits per heavy atom. The molecule has 0 atom stereocenters. The molecule has 3 nitrogen and oxygen atoms in total. The van der Waals surface area contributed by atoms with Crippen molar-refractivity contribution in [3.8, 4) is 6.07 Å². The Morgan fingerprint density at radius 1 is 0.900 bits per heavy atom. The predicted molar refractivity (Wildman–Crippen MR) is 90.2 cm³/mol. The van der Waals surface area contributed by atoms with E-state index in [-0.39, 0.29) is 0 Å². The lowest BCUT2D eigenvalue weighted by atomic mass is 9.91. The van der Waals surface area contributed by atoms with E-state index < -0.39 is 5.41 Å². The van der Waals surface area contributed by atoms with E-state index in [2.05, 4.69) is 63.8 Å². The van der Waals surface area contributed by atoms with Gasteiger partial charge in [-0.25, -0.2) is 9.97 Å². The first-order chi connectivity index (χ1) is 9.35. The van der Waals surface area contributed by atoms with Crippen LogP contribution in [0.15, 0.2) is 50.2 Å². The maximum Gasteiger partial charge on any atom is 0.107 e. The molecule has 0 saturated carbocycles. The van der Waals surface area contributed by atoms with E-state index in [0.29, 0.717) is 0 Å². The third-order valence-electron chi connectivity index (χ3n) is 2.32. The first kappa shape index (κ1) is 17.3. The Labute approximate surface area is 143 Å². The molecule has 0 aliphatic carbocycles. The molecule has 0 aliphatic rings. The lowest BCUT2D eigenvalue weighted by molar-refractivity contribution is 0.657. The number of nitriles is 1. The summed E-state index contributed by atoms with van der Waals surface area (Å²) in [4.78, 5) is 8.22.